The highest BCUT2D eigenvalue weighted by Crippen LogP contribution is 2.23. The number of amides is 1. The molecular weight excluding hydrogens is 1130 g/mol. The molecule has 2 N–H and O–H groups in total. The molecule has 12 heteroatoms. The number of carbonyl (C=O) groups excluding carboxylic acids is 2. The van der Waals surface area contributed by atoms with Gasteiger partial charge in [-0.1, -0.05) is 261 Å². The number of aromatic amines is 1. The zero-order chi connectivity index (χ0) is 65.0. The molecule has 0 atom stereocenters. The van der Waals surface area contributed by atoms with Crippen LogP contribution in [0.3, 0.4) is 0 Å². The Balaban J connectivity index is 1.54. The SMILES string of the molecule is CCCCCCCC/C=C\CCCCCCCCN(CCCCCCCC/C=C\CCCCCCCC)CCCN(CCCCCCCC/C=C\CCCCCCCC)CCCCCC(=O)Nc1nc(OCCOC)nc2c1[nH]c(=O)n2Cc1ccc(C=O)cc1. The number of imidazole rings is 1. The third-order valence-electron chi connectivity index (χ3n) is 18.1. The minimum absolute atomic E-state index is 0.0470. The molecule has 1 aromatic carbocycles. The van der Waals surface area contributed by atoms with E-state index in [9.17, 15) is 14.4 Å². The molecule has 0 aliphatic heterocycles. The van der Waals surface area contributed by atoms with Crippen LogP contribution in [0.25, 0.3) is 11.2 Å². The van der Waals surface area contributed by atoms with Crippen LogP contribution in [0, 0.1) is 0 Å². The number of unbranched alkanes of at least 4 members (excludes halogenated alkanes) is 38. The summed E-state index contributed by atoms with van der Waals surface area (Å²) in [6, 6.07) is 7.11. The summed E-state index contributed by atoms with van der Waals surface area (Å²) in [5.41, 5.74) is 1.66. The Morgan fingerprint density at radius 3 is 1.22 bits per heavy atom. The number of ether oxygens (including phenoxy) is 2. The van der Waals surface area contributed by atoms with Crippen LogP contribution in [0.2, 0.25) is 0 Å². The number of benzene rings is 1. The molecule has 0 bridgehead atoms. The molecule has 2 heterocycles. The quantitative estimate of drug-likeness (QED) is 0.0322. The van der Waals surface area contributed by atoms with Gasteiger partial charge in [0.2, 0.25) is 5.91 Å². The van der Waals surface area contributed by atoms with Crippen LogP contribution in [0.15, 0.2) is 65.5 Å². The van der Waals surface area contributed by atoms with E-state index in [1.54, 1.807) is 19.2 Å². The molecule has 0 fully saturated rings. The van der Waals surface area contributed by atoms with E-state index in [4.69, 9.17) is 9.47 Å². The number of H-pyrrole nitrogens is 1. The molecule has 12 nitrogen and oxygen atoms in total. The summed E-state index contributed by atoms with van der Waals surface area (Å²) in [5, 5.41) is 2.99. The minimum atomic E-state index is -0.384. The van der Waals surface area contributed by atoms with Crippen LogP contribution in [-0.4, -0.2) is 101 Å². The number of hydrogen-bond acceptors (Lipinski definition) is 9. The van der Waals surface area contributed by atoms with Crippen molar-refractivity contribution < 1.29 is 19.1 Å². The molecule has 0 aliphatic rings. The maximum absolute atomic E-state index is 13.6. The number of anilines is 1. The standard InChI is InChI=1S/C79H137N7O5/c1-5-8-11-14-17-20-23-26-29-32-35-38-41-44-47-52-62-84(63-53-48-45-42-39-36-33-30-27-24-21-18-15-12-9-6-2)66-56-67-85(64-54-49-46-43-40-37-34-31-28-25-22-19-16-13-10-7-3)65-55-50-51-57-74(88)80-76-75-77(83-78(82-76)91-69-68-90-4)86(79(89)81-75)70-72-58-60-73(71-87)61-59-72/h26-31,58-61,71H,5-25,32-57,62-70H2,1-4H3,(H,81,89)(H,80,82,83,88)/b29-26-,30-27-,31-28-. The molecule has 3 rings (SSSR count). The van der Waals surface area contributed by atoms with Gasteiger partial charge in [0.25, 0.3) is 0 Å². The molecule has 0 unspecified atom stereocenters. The van der Waals surface area contributed by atoms with Crippen molar-refractivity contribution in [2.75, 3.05) is 64.9 Å². The third kappa shape index (κ3) is 44.0. The topological polar surface area (TPSA) is 135 Å². The summed E-state index contributed by atoms with van der Waals surface area (Å²) in [4.78, 5) is 55.8. The van der Waals surface area contributed by atoms with E-state index < -0.39 is 0 Å². The maximum Gasteiger partial charge on any atom is 0.328 e. The second-order valence-electron chi connectivity index (χ2n) is 26.5. The van der Waals surface area contributed by atoms with Crippen LogP contribution >= 0.6 is 0 Å². The zero-order valence-electron chi connectivity index (χ0n) is 59.2. The van der Waals surface area contributed by atoms with E-state index in [1.807, 2.05) is 12.1 Å². The first kappa shape index (κ1) is 80.8. The number of methoxy groups -OCH3 is 1. The fourth-order valence-electron chi connectivity index (χ4n) is 12.3. The largest absolute Gasteiger partial charge is 0.461 e. The smallest absolute Gasteiger partial charge is 0.328 e. The lowest BCUT2D eigenvalue weighted by Gasteiger charge is -2.26. The number of carbonyl (C=O) groups is 2. The van der Waals surface area contributed by atoms with Crippen LogP contribution in [0.4, 0.5) is 5.82 Å². The number of nitrogens with zero attached hydrogens (tertiary/aromatic N) is 5. The normalized spacial score (nSPS) is 12.0. The summed E-state index contributed by atoms with van der Waals surface area (Å²) >= 11 is 0. The number of rotatable bonds is 66. The Hall–Kier alpha value is -4.39. The Morgan fingerprint density at radius 2 is 0.835 bits per heavy atom. The van der Waals surface area contributed by atoms with Crippen LogP contribution in [-0.2, 0) is 16.1 Å². The van der Waals surface area contributed by atoms with Gasteiger partial charge >= 0.3 is 11.7 Å². The average Bonchev–Trinajstić information content (AvgIpc) is 1.67. The van der Waals surface area contributed by atoms with Crippen LogP contribution < -0.4 is 15.7 Å². The van der Waals surface area contributed by atoms with Gasteiger partial charge in [-0.15, -0.1) is 0 Å². The minimum Gasteiger partial charge on any atom is -0.461 e. The molecule has 0 saturated heterocycles. The molecule has 518 valence electrons. The van der Waals surface area contributed by atoms with Crippen molar-refractivity contribution in [3.8, 4) is 6.01 Å². The molecule has 0 radical (unpaired) electrons. The summed E-state index contributed by atoms with van der Waals surface area (Å²) in [6.45, 7) is 14.6. The highest BCUT2D eigenvalue weighted by molar-refractivity contribution is 5.97. The van der Waals surface area contributed by atoms with Gasteiger partial charge in [0.15, 0.2) is 11.5 Å². The monoisotopic (exact) mass is 1260 g/mol. The Kier molecular flexibility index (Phi) is 52.7. The first-order chi connectivity index (χ1) is 44.9. The van der Waals surface area contributed by atoms with Crippen molar-refractivity contribution in [2.45, 2.75) is 329 Å². The summed E-state index contributed by atoms with van der Waals surface area (Å²) in [7, 11) is 1.59. The van der Waals surface area contributed by atoms with Gasteiger partial charge < -0.3 is 29.6 Å². The Labute approximate surface area is 557 Å². The van der Waals surface area contributed by atoms with Crippen molar-refractivity contribution in [3.05, 3.63) is 82.3 Å². The zero-order valence-corrected chi connectivity index (χ0v) is 59.2. The van der Waals surface area contributed by atoms with Gasteiger partial charge in [-0.05, 0) is 160 Å². The lowest BCUT2D eigenvalue weighted by molar-refractivity contribution is -0.116. The first-order valence-corrected chi connectivity index (χ1v) is 38.3. The second-order valence-corrected chi connectivity index (χ2v) is 26.5. The van der Waals surface area contributed by atoms with E-state index in [1.165, 1.54) is 300 Å². The molecule has 2 aromatic heterocycles. The molecule has 0 saturated carbocycles. The lowest BCUT2D eigenvalue weighted by Crippen LogP contribution is -2.32. The molecule has 0 spiro atoms. The number of aldehydes is 1. The van der Waals surface area contributed by atoms with Crippen molar-refractivity contribution in [1.82, 2.24) is 29.3 Å². The summed E-state index contributed by atoms with van der Waals surface area (Å²) < 4.78 is 12.5. The van der Waals surface area contributed by atoms with E-state index in [2.05, 4.69) is 87.3 Å². The van der Waals surface area contributed by atoms with Gasteiger partial charge in [-0.3, -0.25) is 14.2 Å². The number of aromatic nitrogens is 4. The lowest BCUT2D eigenvalue weighted by atomic mass is 10.1. The second kappa shape index (κ2) is 59.4. The van der Waals surface area contributed by atoms with Gasteiger partial charge in [-0.25, -0.2) is 4.79 Å². The highest BCUT2D eigenvalue weighted by atomic mass is 16.5. The Morgan fingerprint density at radius 1 is 0.473 bits per heavy atom. The van der Waals surface area contributed by atoms with E-state index in [0.717, 1.165) is 50.7 Å². The van der Waals surface area contributed by atoms with Gasteiger partial charge in [-0.2, -0.15) is 9.97 Å². The third-order valence-corrected chi connectivity index (χ3v) is 18.1. The molecule has 1 amide bonds. The molecule has 91 heavy (non-hydrogen) atoms. The van der Waals surface area contributed by atoms with Crippen molar-refractivity contribution in [2.24, 2.45) is 0 Å². The average molecular weight is 1270 g/mol. The number of fused-ring (bicyclic) bond motifs is 1. The van der Waals surface area contributed by atoms with E-state index in [0.29, 0.717) is 29.8 Å². The number of allylic oxidation sites excluding steroid dienone is 6. The predicted molar refractivity (Wildman–Crippen MR) is 389 cm³/mol. The van der Waals surface area contributed by atoms with E-state index in [-0.39, 0.29) is 36.6 Å². The predicted octanol–water partition coefficient (Wildman–Crippen LogP) is 21.6. The number of hydrogen-bond donors (Lipinski definition) is 2. The van der Waals surface area contributed by atoms with Gasteiger partial charge in [0.1, 0.15) is 18.4 Å². The van der Waals surface area contributed by atoms with Crippen molar-refractivity contribution in [3.63, 3.8) is 0 Å². The fraction of sp³-hybridized carbons (Fsp3) is 0.759. The summed E-state index contributed by atoms with van der Waals surface area (Å²) in [5.74, 6) is 0.0522. The first-order valence-electron chi connectivity index (χ1n) is 38.3. The van der Waals surface area contributed by atoms with Crippen LogP contribution in [0.1, 0.15) is 338 Å². The molecule has 3 aromatic rings. The number of nitrogens with one attached hydrogen (secondary N) is 2. The maximum atomic E-state index is 13.6. The van der Waals surface area contributed by atoms with E-state index >= 15 is 0 Å². The van der Waals surface area contributed by atoms with Gasteiger partial charge in [0, 0.05) is 19.1 Å². The molecular formula is C79H137N7O5. The van der Waals surface area contributed by atoms with Crippen molar-refractivity contribution in [1.29, 1.82) is 0 Å². The highest BCUT2D eigenvalue weighted by Gasteiger charge is 2.19. The fourth-order valence-corrected chi connectivity index (χ4v) is 12.3. The van der Waals surface area contributed by atoms with Crippen LogP contribution in [0.5, 0.6) is 6.01 Å². The van der Waals surface area contributed by atoms with Crippen molar-refractivity contribution >= 4 is 29.2 Å². The molecule has 0 aliphatic carbocycles. The van der Waals surface area contributed by atoms with Gasteiger partial charge in [0.05, 0.1) is 13.2 Å². The summed E-state index contributed by atoms with van der Waals surface area (Å²) in [6.07, 6.45) is 76.0. The Bertz CT molecular complexity index is 2260.